The van der Waals surface area contributed by atoms with Gasteiger partial charge in [-0.25, -0.2) is 4.98 Å². The number of phenols is 1. The number of carbonyl (C=O) groups is 1. The van der Waals surface area contributed by atoms with Gasteiger partial charge < -0.3 is 10.4 Å². The van der Waals surface area contributed by atoms with E-state index >= 15 is 0 Å². The third-order valence-corrected chi connectivity index (χ3v) is 4.78. The smallest absolute Gasteiger partial charge is 0.306 e. The second-order valence-electron chi connectivity index (χ2n) is 5.39. The first-order valence-corrected chi connectivity index (χ1v) is 9.39. The summed E-state index contributed by atoms with van der Waals surface area (Å²) in [6.07, 6.45) is 0. The number of benzene rings is 2. The van der Waals surface area contributed by atoms with Crippen LogP contribution in [0.3, 0.4) is 0 Å². The van der Waals surface area contributed by atoms with E-state index in [0.29, 0.717) is 11.4 Å². The molecule has 0 fully saturated rings. The molecule has 0 saturated carbocycles. The fraction of sp³-hybridized carbons (Fsp3) is 0.0625. The quantitative estimate of drug-likeness (QED) is 0.285. The van der Waals surface area contributed by atoms with Crippen LogP contribution in [0, 0.1) is 15.9 Å². The highest BCUT2D eigenvalue weighted by Crippen LogP contribution is 2.30. The van der Waals surface area contributed by atoms with Crippen molar-refractivity contribution < 1.29 is 19.2 Å². The highest BCUT2D eigenvalue weighted by atomic mass is 79.9. The molecule has 12 heteroatoms. The van der Waals surface area contributed by atoms with Crippen LogP contribution >= 0.6 is 27.7 Å². The van der Waals surface area contributed by atoms with Gasteiger partial charge in [0.2, 0.25) is 16.9 Å². The van der Waals surface area contributed by atoms with Gasteiger partial charge in [-0.2, -0.15) is 4.39 Å². The molecule has 0 unspecified atom stereocenters. The number of nitrogens with one attached hydrogen (secondary N) is 2. The van der Waals surface area contributed by atoms with Crippen molar-refractivity contribution in [3.05, 3.63) is 56.8 Å². The largest absolute Gasteiger partial charge is 0.507 e. The molecule has 3 N–H and O–H groups in total. The summed E-state index contributed by atoms with van der Waals surface area (Å²) in [4.78, 5) is 26.1. The van der Waals surface area contributed by atoms with E-state index in [1.807, 2.05) is 0 Å². The normalized spacial score (nSPS) is 10.6. The molecule has 0 spiro atoms. The first-order chi connectivity index (χ1) is 13.3. The van der Waals surface area contributed by atoms with E-state index in [0.717, 1.165) is 28.4 Å². The van der Waals surface area contributed by atoms with Crippen LogP contribution in [-0.2, 0) is 4.79 Å². The number of amides is 1. The van der Waals surface area contributed by atoms with E-state index in [9.17, 15) is 24.4 Å². The predicted molar refractivity (Wildman–Crippen MR) is 104 cm³/mol. The molecule has 2 aromatic carbocycles. The summed E-state index contributed by atoms with van der Waals surface area (Å²) < 4.78 is 14.1. The molecule has 144 valence electrons. The van der Waals surface area contributed by atoms with Crippen molar-refractivity contribution in [2.45, 2.75) is 5.16 Å². The third kappa shape index (κ3) is 4.64. The predicted octanol–water partition coefficient (Wildman–Crippen LogP) is 3.72. The molecule has 0 saturated heterocycles. The molecule has 0 atom stereocenters. The Kier molecular flexibility index (Phi) is 5.90. The van der Waals surface area contributed by atoms with E-state index in [4.69, 9.17) is 0 Å². The molecular weight excluding hydrogens is 457 g/mol. The minimum atomic E-state index is -0.985. The summed E-state index contributed by atoms with van der Waals surface area (Å²) in [5.74, 6) is -1.18. The van der Waals surface area contributed by atoms with E-state index in [-0.39, 0.29) is 22.3 Å². The fourth-order valence-corrected chi connectivity index (χ4v) is 3.15. The number of aromatic amines is 1. The molecule has 1 heterocycles. The Balaban J connectivity index is 1.63. The maximum absolute atomic E-state index is 13.3. The van der Waals surface area contributed by atoms with Crippen LogP contribution in [0.1, 0.15) is 0 Å². The summed E-state index contributed by atoms with van der Waals surface area (Å²) in [7, 11) is 0. The highest BCUT2D eigenvalue weighted by molar-refractivity contribution is 9.10. The molecule has 3 rings (SSSR count). The Labute approximate surface area is 169 Å². The van der Waals surface area contributed by atoms with Gasteiger partial charge in [0.1, 0.15) is 5.75 Å². The summed E-state index contributed by atoms with van der Waals surface area (Å²) in [5, 5.41) is 30.0. The highest BCUT2D eigenvalue weighted by Gasteiger charge is 2.16. The molecular formula is C16H11BrFN5O4S. The number of halogens is 2. The number of H-pyrrole nitrogens is 1. The van der Waals surface area contributed by atoms with Crippen LogP contribution in [0.25, 0.3) is 11.4 Å². The zero-order chi connectivity index (χ0) is 20.3. The van der Waals surface area contributed by atoms with Crippen LogP contribution in [0.5, 0.6) is 5.75 Å². The van der Waals surface area contributed by atoms with E-state index < -0.39 is 22.3 Å². The van der Waals surface area contributed by atoms with Crippen LogP contribution in [0.4, 0.5) is 15.8 Å². The molecule has 9 nitrogen and oxygen atoms in total. The van der Waals surface area contributed by atoms with Gasteiger partial charge in [-0.05, 0) is 30.3 Å². The number of thioether (sulfide) groups is 1. The number of nitro groups is 1. The monoisotopic (exact) mass is 467 g/mol. The van der Waals surface area contributed by atoms with E-state index in [1.165, 1.54) is 12.1 Å². The van der Waals surface area contributed by atoms with Crippen LogP contribution < -0.4 is 5.32 Å². The van der Waals surface area contributed by atoms with Crippen molar-refractivity contribution >= 4 is 45.0 Å². The number of phenolic OH excluding ortho intramolecular Hbond substituents is 1. The number of aromatic nitrogens is 3. The molecule has 0 aliphatic carbocycles. The van der Waals surface area contributed by atoms with Gasteiger partial charge >= 0.3 is 5.69 Å². The first-order valence-electron chi connectivity index (χ1n) is 7.61. The van der Waals surface area contributed by atoms with Crippen molar-refractivity contribution in [2.24, 2.45) is 0 Å². The van der Waals surface area contributed by atoms with Gasteiger partial charge in [-0.15, -0.1) is 5.10 Å². The number of nitro benzene ring substituents is 1. The van der Waals surface area contributed by atoms with Gasteiger partial charge in [0.15, 0.2) is 5.82 Å². The zero-order valence-corrected chi connectivity index (χ0v) is 16.3. The Morgan fingerprint density at radius 1 is 1.36 bits per heavy atom. The maximum Gasteiger partial charge on any atom is 0.306 e. The van der Waals surface area contributed by atoms with Gasteiger partial charge in [0.25, 0.3) is 0 Å². The molecule has 1 aromatic heterocycles. The molecule has 3 aromatic rings. The van der Waals surface area contributed by atoms with Crippen LogP contribution in [-0.4, -0.2) is 36.9 Å². The van der Waals surface area contributed by atoms with Crippen molar-refractivity contribution in [1.82, 2.24) is 15.2 Å². The molecule has 0 aliphatic rings. The van der Waals surface area contributed by atoms with Gasteiger partial charge in [-0.1, -0.05) is 27.7 Å². The number of hydrogen-bond donors (Lipinski definition) is 3. The fourth-order valence-electron chi connectivity index (χ4n) is 2.19. The maximum atomic E-state index is 13.3. The zero-order valence-electron chi connectivity index (χ0n) is 13.8. The van der Waals surface area contributed by atoms with Crippen LogP contribution in [0.15, 0.2) is 46.0 Å². The average molecular weight is 468 g/mol. The number of hydrogen-bond acceptors (Lipinski definition) is 7. The summed E-state index contributed by atoms with van der Waals surface area (Å²) in [6, 6.07) is 7.93. The second kappa shape index (κ2) is 8.35. The minimum Gasteiger partial charge on any atom is -0.507 e. The van der Waals surface area contributed by atoms with Crippen molar-refractivity contribution in [1.29, 1.82) is 0 Å². The first kappa shape index (κ1) is 19.8. The Morgan fingerprint density at radius 2 is 2.14 bits per heavy atom. The lowest BCUT2D eigenvalue weighted by Gasteiger charge is -2.04. The molecule has 28 heavy (non-hydrogen) atoms. The van der Waals surface area contributed by atoms with Gasteiger partial charge in [0, 0.05) is 16.2 Å². The minimum absolute atomic E-state index is 0.0200. The summed E-state index contributed by atoms with van der Waals surface area (Å²) in [5.41, 5.74) is -0.178. The third-order valence-electron chi connectivity index (χ3n) is 3.44. The lowest BCUT2D eigenvalue weighted by atomic mass is 10.2. The van der Waals surface area contributed by atoms with Crippen LogP contribution in [0.2, 0.25) is 0 Å². The number of rotatable bonds is 6. The number of aromatic hydroxyl groups is 1. The Hall–Kier alpha value is -2.99. The topological polar surface area (TPSA) is 134 Å². The number of anilines is 1. The Bertz CT molecular complexity index is 1060. The number of nitrogens with zero attached hydrogens (tertiary/aromatic N) is 3. The Morgan fingerprint density at radius 3 is 2.89 bits per heavy atom. The van der Waals surface area contributed by atoms with E-state index in [1.54, 1.807) is 12.1 Å². The van der Waals surface area contributed by atoms with Gasteiger partial charge in [-0.3, -0.25) is 20.0 Å². The lowest BCUT2D eigenvalue weighted by molar-refractivity contribution is -0.387. The molecule has 1 amide bonds. The van der Waals surface area contributed by atoms with Crippen molar-refractivity contribution in [3.8, 4) is 17.1 Å². The van der Waals surface area contributed by atoms with Crippen molar-refractivity contribution in [2.75, 3.05) is 11.1 Å². The molecule has 0 radical (unpaired) electrons. The summed E-state index contributed by atoms with van der Waals surface area (Å²) >= 11 is 4.32. The standard InChI is InChI=1S/C16H11BrFN5O4S/c17-8-1-4-13(24)10(5-8)15-20-16(22-21-15)28-7-14(25)19-9-2-3-11(18)12(6-9)23(26)27/h1-6,24H,7H2,(H,19,25)(H,20,21,22). The average Bonchev–Trinajstić information content (AvgIpc) is 3.12. The second-order valence-corrected chi connectivity index (χ2v) is 7.25. The van der Waals surface area contributed by atoms with E-state index in [2.05, 4.69) is 36.4 Å². The van der Waals surface area contributed by atoms with Crippen molar-refractivity contribution in [3.63, 3.8) is 0 Å². The molecule has 0 bridgehead atoms. The summed E-state index contributed by atoms with van der Waals surface area (Å²) in [6.45, 7) is 0. The molecule has 0 aliphatic heterocycles. The van der Waals surface area contributed by atoms with Gasteiger partial charge in [0.05, 0.1) is 16.2 Å². The lowest BCUT2D eigenvalue weighted by Crippen LogP contribution is -2.14. The SMILES string of the molecule is O=C(CSc1n[nH]c(-c2cc(Br)ccc2O)n1)Nc1ccc(F)c([N+](=O)[O-])c1. The number of carbonyl (C=O) groups excluding carboxylic acids is 1.